The minimum atomic E-state index is 0.296. The number of thioether (sulfide) groups is 1. The van der Waals surface area contributed by atoms with E-state index in [1.807, 2.05) is 6.07 Å². The van der Waals surface area contributed by atoms with E-state index in [1.54, 1.807) is 11.8 Å². The van der Waals surface area contributed by atoms with E-state index in [9.17, 15) is 0 Å². The van der Waals surface area contributed by atoms with Gasteiger partial charge >= 0.3 is 0 Å². The van der Waals surface area contributed by atoms with Crippen LogP contribution in [-0.4, -0.2) is 50.5 Å². The largest absolute Gasteiger partial charge is 0.464 e. The van der Waals surface area contributed by atoms with Crippen molar-refractivity contribution in [3.05, 3.63) is 23.7 Å². The lowest BCUT2D eigenvalue weighted by Crippen LogP contribution is -2.44. The van der Waals surface area contributed by atoms with Gasteiger partial charge in [-0.2, -0.15) is 11.8 Å². The van der Waals surface area contributed by atoms with Crippen LogP contribution in [0.3, 0.4) is 0 Å². The van der Waals surface area contributed by atoms with Gasteiger partial charge in [-0.25, -0.2) is 0 Å². The van der Waals surface area contributed by atoms with Crippen molar-refractivity contribution in [3.63, 3.8) is 0 Å². The highest BCUT2D eigenvalue weighted by Gasteiger charge is 2.17. The molecule has 1 aromatic heterocycles. The van der Waals surface area contributed by atoms with Crippen molar-refractivity contribution in [2.45, 2.75) is 18.4 Å². The van der Waals surface area contributed by atoms with Gasteiger partial charge < -0.3 is 19.4 Å². The predicted octanol–water partition coefficient (Wildman–Crippen LogP) is 1.56. The first-order valence-electron chi connectivity index (χ1n) is 6.35. The van der Waals surface area contributed by atoms with Crippen LogP contribution < -0.4 is 5.32 Å². The second kappa shape index (κ2) is 7.19. The first kappa shape index (κ1) is 13.9. The molecule has 102 valence electrons. The molecule has 1 aliphatic rings. The van der Waals surface area contributed by atoms with Crippen LogP contribution in [0.1, 0.15) is 11.5 Å². The third-order valence-corrected chi connectivity index (χ3v) is 3.59. The number of hydrogen-bond acceptors (Lipinski definition) is 5. The molecule has 0 aliphatic carbocycles. The maximum Gasteiger partial charge on any atom is 0.118 e. The molecule has 1 aliphatic heterocycles. The molecule has 1 fully saturated rings. The van der Waals surface area contributed by atoms with Crippen molar-refractivity contribution in [1.82, 2.24) is 10.2 Å². The highest BCUT2D eigenvalue weighted by Crippen LogP contribution is 2.13. The Morgan fingerprint density at radius 3 is 3.06 bits per heavy atom. The van der Waals surface area contributed by atoms with Gasteiger partial charge in [-0.15, -0.1) is 0 Å². The monoisotopic (exact) mass is 270 g/mol. The summed E-state index contributed by atoms with van der Waals surface area (Å²) in [6, 6.07) is 4.10. The van der Waals surface area contributed by atoms with Crippen molar-refractivity contribution in [2.75, 3.05) is 39.5 Å². The topological polar surface area (TPSA) is 37.6 Å². The Morgan fingerprint density at radius 2 is 2.28 bits per heavy atom. The molecule has 2 rings (SSSR count). The van der Waals surface area contributed by atoms with Gasteiger partial charge in [0.2, 0.25) is 0 Å². The normalized spacial score (nSPS) is 21.3. The molecular formula is C13H22N2O2S. The molecule has 0 saturated carbocycles. The minimum Gasteiger partial charge on any atom is -0.464 e. The molecule has 5 heteroatoms. The maximum absolute atomic E-state index is 5.70. The van der Waals surface area contributed by atoms with E-state index >= 15 is 0 Å². The fourth-order valence-corrected chi connectivity index (χ4v) is 2.52. The zero-order valence-corrected chi connectivity index (χ0v) is 12.0. The molecule has 1 saturated heterocycles. The Morgan fingerprint density at radius 1 is 1.44 bits per heavy atom. The third-order valence-electron chi connectivity index (χ3n) is 3.02. The smallest absolute Gasteiger partial charge is 0.118 e. The van der Waals surface area contributed by atoms with E-state index in [2.05, 4.69) is 29.6 Å². The summed E-state index contributed by atoms with van der Waals surface area (Å²) in [6.45, 7) is 4.53. The van der Waals surface area contributed by atoms with Crippen molar-refractivity contribution in [3.8, 4) is 0 Å². The number of nitrogens with zero attached hydrogens (tertiary/aromatic N) is 1. The second-order valence-corrected chi connectivity index (χ2v) is 5.55. The molecule has 0 spiro atoms. The Kier molecular flexibility index (Phi) is 5.56. The highest BCUT2D eigenvalue weighted by molar-refractivity contribution is 7.97. The van der Waals surface area contributed by atoms with Crippen molar-refractivity contribution >= 4 is 11.8 Å². The van der Waals surface area contributed by atoms with Gasteiger partial charge in [0.15, 0.2) is 0 Å². The number of rotatable bonds is 6. The molecule has 0 amide bonds. The lowest BCUT2D eigenvalue weighted by molar-refractivity contribution is -0.0183. The van der Waals surface area contributed by atoms with E-state index in [0.717, 1.165) is 50.1 Å². The van der Waals surface area contributed by atoms with Crippen molar-refractivity contribution in [1.29, 1.82) is 0 Å². The molecule has 0 radical (unpaired) electrons. The second-order valence-electron chi connectivity index (χ2n) is 4.69. The zero-order valence-electron chi connectivity index (χ0n) is 11.1. The lowest BCUT2D eigenvalue weighted by Gasteiger charge is -2.30. The molecule has 1 N–H and O–H groups in total. The van der Waals surface area contributed by atoms with Gasteiger partial charge in [-0.3, -0.25) is 0 Å². The average Bonchev–Trinajstić information content (AvgIpc) is 2.78. The molecule has 1 aromatic rings. The van der Waals surface area contributed by atoms with Gasteiger partial charge in [0.1, 0.15) is 11.5 Å². The lowest BCUT2D eigenvalue weighted by atomic mass is 10.3. The number of furan rings is 1. The fraction of sp³-hybridized carbons (Fsp3) is 0.692. The molecule has 0 unspecified atom stereocenters. The van der Waals surface area contributed by atoms with E-state index < -0.39 is 0 Å². The summed E-state index contributed by atoms with van der Waals surface area (Å²) in [6.07, 6.45) is 2.38. The Hall–Kier alpha value is -0.490. The van der Waals surface area contributed by atoms with Crippen molar-refractivity contribution in [2.24, 2.45) is 0 Å². The minimum absolute atomic E-state index is 0.296. The third kappa shape index (κ3) is 4.31. The molecule has 0 aromatic carbocycles. The van der Waals surface area contributed by atoms with E-state index in [-0.39, 0.29) is 0 Å². The summed E-state index contributed by atoms with van der Waals surface area (Å²) in [4.78, 5) is 2.30. The SMILES string of the molecule is CSCc1ccc(CNC[C@@H]2CN(C)CCO2)o1. The molecule has 4 nitrogen and oxygen atoms in total. The number of hydrogen-bond donors (Lipinski definition) is 1. The number of morpholine rings is 1. The average molecular weight is 270 g/mol. The van der Waals surface area contributed by atoms with Crippen LogP contribution in [0.25, 0.3) is 0 Å². The van der Waals surface area contributed by atoms with Gasteiger partial charge in [0.25, 0.3) is 0 Å². The highest BCUT2D eigenvalue weighted by atomic mass is 32.2. The Bertz CT molecular complexity index is 357. The first-order chi connectivity index (χ1) is 8.78. The summed E-state index contributed by atoms with van der Waals surface area (Å²) in [5.41, 5.74) is 0. The summed E-state index contributed by atoms with van der Waals surface area (Å²) in [5, 5.41) is 3.40. The molecule has 2 heterocycles. The van der Waals surface area contributed by atoms with E-state index in [1.165, 1.54) is 0 Å². The molecular weight excluding hydrogens is 248 g/mol. The first-order valence-corrected chi connectivity index (χ1v) is 7.74. The van der Waals surface area contributed by atoms with Crippen LogP contribution >= 0.6 is 11.8 Å². The van der Waals surface area contributed by atoms with Gasteiger partial charge in [0, 0.05) is 19.6 Å². The zero-order chi connectivity index (χ0) is 12.8. The Balaban J connectivity index is 1.67. The quantitative estimate of drug-likeness (QED) is 0.849. The van der Waals surface area contributed by atoms with Crippen LogP contribution in [0.5, 0.6) is 0 Å². The summed E-state index contributed by atoms with van der Waals surface area (Å²) >= 11 is 1.78. The van der Waals surface area contributed by atoms with Gasteiger partial charge in [0.05, 0.1) is 25.0 Å². The predicted molar refractivity (Wildman–Crippen MR) is 74.9 cm³/mol. The van der Waals surface area contributed by atoms with Gasteiger partial charge in [-0.1, -0.05) is 0 Å². The Labute approximate surface area is 113 Å². The van der Waals surface area contributed by atoms with Crippen LogP contribution in [0.4, 0.5) is 0 Å². The fourth-order valence-electron chi connectivity index (χ4n) is 2.08. The van der Waals surface area contributed by atoms with E-state index in [4.69, 9.17) is 9.15 Å². The van der Waals surface area contributed by atoms with Gasteiger partial charge in [-0.05, 0) is 25.4 Å². The number of nitrogens with one attached hydrogen (secondary N) is 1. The number of ether oxygens (including phenoxy) is 1. The standard InChI is InChI=1S/C13H22N2O2S/c1-15-5-6-16-13(9-15)8-14-7-11-3-4-12(17-11)10-18-2/h3-4,13-14H,5-10H2,1-2H3/t13-/m1/s1. The van der Waals surface area contributed by atoms with Crippen LogP contribution in [0.15, 0.2) is 16.5 Å². The van der Waals surface area contributed by atoms with Crippen molar-refractivity contribution < 1.29 is 9.15 Å². The maximum atomic E-state index is 5.70. The summed E-state index contributed by atoms with van der Waals surface area (Å²) in [7, 11) is 2.14. The summed E-state index contributed by atoms with van der Waals surface area (Å²) in [5.74, 6) is 2.99. The van der Waals surface area contributed by atoms with Crippen LogP contribution in [0, 0.1) is 0 Å². The molecule has 0 bridgehead atoms. The molecule has 18 heavy (non-hydrogen) atoms. The van der Waals surface area contributed by atoms with E-state index in [0.29, 0.717) is 6.10 Å². The molecule has 1 atom stereocenters. The van der Waals surface area contributed by atoms with Crippen LogP contribution in [0.2, 0.25) is 0 Å². The van der Waals surface area contributed by atoms with Crippen LogP contribution in [-0.2, 0) is 17.0 Å². The summed E-state index contributed by atoms with van der Waals surface area (Å²) < 4.78 is 11.4. The number of likely N-dealkylation sites (N-methyl/N-ethyl adjacent to an activating group) is 1.